The van der Waals surface area contributed by atoms with Crippen LogP contribution in [0.3, 0.4) is 0 Å². The molecule has 3 aromatic carbocycles. The van der Waals surface area contributed by atoms with Gasteiger partial charge < -0.3 is 14.8 Å². The van der Waals surface area contributed by atoms with Crippen LogP contribution in [-0.2, 0) is 16.6 Å². The third-order valence-corrected chi connectivity index (χ3v) is 6.65. The zero-order valence-electron chi connectivity index (χ0n) is 17.6. The summed E-state index contributed by atoms with van der Waals surface area (Å²) in [5, 5.41) is 2.88. The first-order valence-electron chi connectivity index (χ1n) is 10.2. The number of carbonyl (C=O) groups is 1. The number of amides is 1. The molecule has 0 saturated heterocycles. The molecule has 0 unspecified atom stereocenters. The van der Waals surface area contributed by atoms with Crippen molar-refractivity contribution in [1.82, 2.24) is 10.0 Å². The lowest BCUT2D eigenvalue weighted by Gasteiger charge is -2.13. The molecule has 0 fully saturated rings. The lowest BCUT2D eigenvalue weighted by Crippen LogP contribution is -2.28. The predicted molar refractivity (Wildman–Crippen MR) is 120 cm³/mol. The number of nitrogens with one attached hydrogen (secondary N) is 2. The fourth-order valence-corrected chi connectivity index (χ4v) is 4.43. The van der Waals surface area contributed by atoms with Crippen LogP contribution < -0.4 is 19.5 Å². The molecule has 0 spiro atoms. The Morgan fingerprint density at radius 3 is 2.56 bits per heavy atom. The molecule has 0 aromatic heterocycles. The summed E-state index contributed by atoms with van der Waals surface area (Å²) in [7, 11) is -3.80. The lowest BCUT2D eigenvalue weighted by molar-refractivity contribution is 0.0951. The summed E-state index contributed by atoms with van der Waals surface area (Å²) in [4.78, 5) is 12.6. The number of ether oxygens (including phenoxy) is 2. The maximum Gasteiger partial charge on any atom is 0.251 e. The molecule has 1 atom stereocenters. The molecule has 1 heterocycles. The molecule has 8 heteroatoms. The topological polar surface area (TPSA) is 93.7 Å². The normalized spacial score (nSPS) is 13.5. The van der Waals surface area contributed by atoms with Gasteiger partial charge >= 0.3 is 0 Å². The first kappa shape index (κ1) is 21.9. The van der Waals surface area contributed by atoms with Crippen LogP contribution in [0, 0.1) is 0 Å². The Balaban J connectivity index is 1.39. The lowest BCUT2D eigenvalue weighted by atomic mass is 10.0. The van der Waals surface area contributed by atoms with E-state index >= 15 is 0 Å². The van der Waals surface area contributed by atoms with Crippen molar-refractivity contribution in [3.05, 3.63) is 89.5 Å². The highest BCUT2D eigenvalue weighted by atomic mass is 32.2. The Kier molecular flexibility index (Phi) is 6.43. The molecule has 0 saturated carbocycles. The minimum atomic E-state index is -3.80. The van der Waals surface area contributed by atoms with E-state index in [-0.39, 0.29) is 35.6 Å². The van der Waals surface area contributed by atoms with Gasteiger partial charge in [0.1, 0.15) is 0 Å². The Morgan fingerprint density at radius 1 is 0.969 bits per heavy atom. The maximum atomic E-state index is 12.8. The molecular formula is C24H24N2O5S. The third kappa shape index (κ3) is 5.09. The first-order chi connectivity index (χ1) is 15.4. The number of rotatable bonds is 8. The van der Waals surface area contributed by atoms with Crippen molar-refractivity contribution in [2.24, 2.45) is 0 Å². The fourth-order valence-electron chi connectivity index (χ4n) is 3.36. The monoisotopic (exact) mass is 452 g/mol. The van der Waals surface area contributed by atoms with Gasteiger partial charge in [-0.1, -0.05) is 49.4 Å². The van der Waals surface area contributed by atoms with Gasteiger partial charge in [0.15, 0.2) is 11.5 Å². The molecule has 7 nitrogen and oxygen atoms in total. The molecule has 0 aliphatic carbocycles. The molecule has 1 amide bonds. The molecule has 0 bridgehead atoms. The predicted octanol–water partition coefficient (Wildman–Crippen LogP) is 3.43. The second-order valence-electron chi connectivity index (χ2n) is 7.56. The highest BCUT2D eigenvalue weighted by molar-refractivity contribution is 7.89. The molecule has 0 radical (unpaired) electrons. The average molecular weight is 453 g/mol. The van der Waals surface area contributed by atoms with Crippen LogP contribution in [0.15, 0.2) is 77.7 Å². The van der Waals surface area contributed by atoms with Crippen LogP contribution in [0.4, 0.5) is 0 Å². The summed E-state index contributed by atoms with van der Waals surface area (Å²) in [6.07, 6.45) is 0. The van der Waals surface area contributed by atoms with Gasteiger partial charge in [-0.3, -0.25) is 4.79 Å². The zero-order chi connectivity index (χ0) is 22.6. The summed E-state index contributed by atoms with van der Waals surface area (Å²) >= 11 is 0. The van der Waals surface area contributed by atoms with Gasteiger partial charge in [-0.15, -0.1) is 0 Å². The third-order valence-electron chi connectivity index (χ3n) is 5.25. The molecule has 1 aliphatic rings. The van der Waals surface area contributed by atoms with E-state index in [4.69, 9.17) is 9.47 Å². The van der Waals surface area contributed by atoms with Crippen LogP contribution in [0.25, 0.3) is 0 Å². The Hall–Kier alpha value is -3.36. The minimum Gasteiger partial charge on any atom is -0.454 e. The molecule has 1 aliphatic heterocycles. The van der Waals surface area contributed by atoms with E-state index in [1.165, 1.54) is 12.1 Å². The molecule has 2 N–H and O–H groups in total. The summed E-state index contributed by atoms with van der Waals surface area (Å²) in [6, 6.07) is 21.1. The number of hydrogen-bond acceptors (Lipinski definition) is 5. The van der Waals surface area contributed by atoms with Gasteiger partial charge in [-0.05, 0) is 47.4 Å². The smallest absolute Gasteiger partial charge is 0.251 e. The van der Waals surface area contributed by atoms with Crippen LogP contribution in [0.5, 0.6) is 11.5 Å². The Bertz CT molecular complexity index is 1210. The van der Waals surface area contributed by atoms with Crippen molar-refractivity contribution in [3.63, 3.8) is 0 Å². The molecular weight excluding hydrogens is 428 g/mol. The van der Waals surface area contributed by atoms with Crippen molar-refractivity contribution in [2.75, 3.05) is 13.3 Å². The molecule has 32 heavy (non-hydrogen) atoms. The van der Waals surface area contributed by atoms with Gasteiger partial charge in [0.25, 0.3) is 5.91 Å². The van der Waals surface area contributed by atoms with E-state index in [0.717, 1.165) is 11.1 Å². The van der Waals surface area contributed by atoms with Crippen LogP contribution in [0.1, 0.15) is 34.3 Å². The molecule has 166 valence electrons. The number of sulfonamides is 1. The van der Waals surface area contributed by atoms with E-state index in [9.17, 15) is 13.2 Å². The van der Waals surface area contributed by atoms with E-state index < -0.39 is 10.0 Å². The number of benzene rings is 3. The first-order valence-corrected chi connectivity index (χ1v) is 11.7. The van der Waals surface area contributed by atoms with Gasteiger partial charge in [0.05, 0.1) is 4.90 Å². The molecule has 3 aromatic rings. The largest absolute Gasteiger partial charge is 0.454 e. The summed E-state index contributed by atoms with van der Waals surface area (Å²) < 4.78 is 38.7. The standard InChI is InChI=1S/C24H24N2O5S/c1-17(19-6-3-2-4-7-19)14-25-24(27)20-8-5-9-21(13-20)32(28,29)26-15-18-10-11-22-23(12-18)31-16-30-22/h2-13,17,26H,14-16H2,1H3,(H,25,27)/t17-/m0/s1. The van der Waals surface area contributed by atoms with Crippen LogP contribution in [-0.4, -0.2) is 27.7 Å². The Morgan fingerprint density at radius 2 is 1.75 bits per heavy atom. The van der Waals surface area contributed by atoms with E-state index in [1.807, 2.05) is 37.3 Å². The van der Waals surface area contributed by atoms with E-state index in [0.29, 0.717) is 18.0 Å². The SMILES string of the molecule is C[C@@H](CNC(=O)c1cccc(S(=O)(=O)NCc2ccc3c(c2)OCO3)c1)c1ccccc1. The number of carbonyl (C=O) groups excluding carboxylic acids is 1. The Labute approximate surface area is 187 Å². The van der Waals surface area contributed by atoms with Crippen molar-refractivity contribution in [2.45, 2.75) is 24.3 Å². The van der Waals surface area contributed by atoms with Crippen LogP contribution in [0.2, 0.25) is 0 Å². The highest BCUT2D eigenvalue weighted by Crippen LogP contribution is 2.32. The van der Waals surface area contributed by atoms with Crippen LogP contribution >= 0.6 is 0 Å². The van der Waals surface area contributed by atoms with Gasteiger partial charge in [-0.2, -0.15) is 0 Å². The van der Waals surface area contributed by atoms with Gasteiger partial charge in [0.2, 0.25) is 16.8 Å². The fraction of sp³-hybridized carbons (Fsp3) is 0.208. The number of fused-ring (bicyclic) bond motifs is 1. The summed E-state index contributed by atoms with van der Waals surface area (Å²) in [5.74, 6) is 1.04. The second-order valence-corrected chi connectivity index (χ2v) is 9.33. The van der Waals surface area contributed by atoms with Crippen molar-refractivity contribution in [1.29, 1.82) is 0 Å². The van der Waals surface area contributed by atoms with E-state index in [1.54, 1.807) is 30.3 Å². The zero-order valence-corrected chi connectivity index (χ0v) is 18.4. The van der Waals surface area contributed by atoms with Gasteiger partial charge in [-0.25, -0.2) is 13.1 Å². The van der Waals surface area contributed by atoms with Crippen molar-refractivity contribution < 1.29 is 22.7 Å². The minimum absolute atomic E-state index is 0.0296. The number of hydrogen-bond donors (Lipinski definition) is 2. The quantitative estimate of drug-likeness (QED) is 0.546. The highest BCUT2D eigenvalue weighted by Gasteiger charge is 2.18. The maximum absolute atomic E-state index is 12.8. The summed E-state index contributed by atoms with van der Waals surface area (Å²) in [5.41, 5.74) is 2.15. The second kappa shape index (κ2) is 9.42. The van der Waals surface area contributed by atoms with Crippen molar-refractivity contribution >= 4 is 15.9 Å². The van der Waals surface area contributed by atoms with Gasteiger partial charge in [0, 0.05) is 18.7 Å². The van der Waals surface area contributed by atoms with Crippen molar-refractivity contribution in [3.8, 4) is 11.5 Å². The average Bonchev–Trinajstić information content (AvgIpc) is 3.29. The van der Waals surface area contributed by atoms with E-state index in [2.05, 4.69) is 10.0 Å². The summed E-state index contributed by atoms with van der Waals surface area (Å²) in [6.45, 7) is 2.71. The molecule has 4 rings (SSSR count).